The van der Waals surface area contributed by atoms with Gasteiger partial charge in [-0.1, -0.05) is 43.0 Å². The van der Waals surface area contributed by atoms with Gasteiger partial charge in [0.15, 0.2) is 0 Å². The molecule has 3 amide bonds. The number of ether oxygens (including phenoxy) is 1. The molecule has 4 aromatic rings. The van der Waals surface area contributed by atoms with E-state index < -0.39 is 6.04 Å². The molecule has 13 heteroatoms. The van der Waals surface area contributed by atoms with Crippen LogP contribution in [-0.2, 0) is 27.0 Å². The Bertz CT molecular complexity index is 2750. The van der Waals surface area contributed by atoms with Crippen molar-refractivity contribution >= 4 is 45.9 Å². The molecule has 9 aliphatic rings. The number of nitrogens with zero attached hydrogens (tertiary/aromatic N) is 6. The zero-order valence-corrected chi connectivity index (χ0v) is 38.7. The van der Waals surface area contributed by atoms with Gasteiger partial charge < -0.3 is 19.4 Å². The number of benzene rings is 3. The number of anilines is 1. The lowest BCUT2D eigenvalue weighted by Crippen LogP contribution is -2.62. The predicted molar refractivity (Wildman–Crippen MR) is 253 cm³/mol. The molecule has 2 aliphatic carbocycles. The number of amides is 3. The average Bonchev–Trinajstić information content (AvgIpc) is 3.94. The van der Waals surface area contributed by atoms with Crippen molar-refractivity contribution in [1.82, 2.24) is 29.6 Å². The van der Waals surface area contributed by atoms with Crippen molar-refractivity contribution in [2.75, 3.05) is 57.3 Å². The SMILES string of the molecule is O=C1CC[C@H](N2Cc3c(ccc4c3OCC43CCN(CC4CCC5(CC4)CN(C4CCN(c6ccc7c(c6)C6(CCCCC6)c6nc(=O)c8c(Cl)cccc8n6-7)CC4)C5)CC3)C2=O)C(=O)N1. The van der Waals surface area contributed by atoms with Crippen LogP contribution in [-0.4, -0.2) is 106 Å². The van der Waals surface area contributed by atoms with Crippen molar-refractivity contribution < 1.29 is 19.1 Å². The smallest absolute Gasteiger partial charge is 0.282 e. The summed E-state index contributed by atoms with van der Waals surface area (Å²) < 4.78 is 8.71. The number of rotatable bonds is 5. The quantitative estimate of drug-likeness (QED) is 0.207. The third kappa shape index (κ3) is 6.32. The standard InChI is InChI=1S/C53H60ClN7O5/c54-40-5-4-6-42-45(40)48(64)56-50-53(17-2-1-3-18-53)39-27-35(7-10-41(39)61(42)50)58-23-15-34(16-24-58)59-30-51(31-59)19-13-33(14-20-51)28-57-25-21-52(22-26-57)32-66-46-37-29-60(43-11-12-44(62)55-47(43)63)49(65)36(37)8-9-38(46)52/h4-10,27,33-34,43H,1-3,11-26,28-32H2,(H,55,62,63)/t43-/m0/s1. The molecule has 1 N–H and O–H groups in total. The van der Waals surface area contributed by atoms with Gasteiger partial charge in [-0.3, -0.25) is 34.0 Å². The van der Waals surface area contributed by atoms with Crippen LogP contribution in [0.2, 0.25) is 5.02 Å². The van der Waals surface area contributed by atoms with Crippen LogP contribution in [0, 0.1) is 11.3 Å². The van der Waals surface area contributed by atoms with Crippen molar-refractivity contribution in [3.8, 4) is 11.4 Å². The molecule has 3 spiro atoms. The highest BCUT2D eigenvalue weighted by atomic mass is 35.5. The Labute approximate surface area is 391 Å². The average molecular weight is 911 g/mol. The van der Waals surface area contributed by atoms with E-state index in [2.05, 4.69) is 48.8 Å². The summed E-state index contributed by atoms with van der Waals surface area (Å²) in [6.45, 7) is 9.02. The van der Waals surface area contributed by atoms with E-state index >= 15 is 0 Å². The number of halogens is 1. The molecule has 344 valence electrons. The number of aromatic nitrogens is 2. The second kappa shape index (κ2) is 15.4. The maximum absolute atomic E-state index is 13.4. The first-order valence-corrected chi connectivity index (χ1v) is 25.5. The third-order valence-electron chi connectivity index (χ3n) is 18.4. The third-order valence-corrected chi connectivity index (χ3v) is 18.7. The van der Waals surface area contributed by atoms with Gasteiger partial charge in [-0.15, -0.1) is 0 Å². The number of carbonyl (C=O) groups is 3. The Morgan fingerprint density at radius 1 is 0.818 bits per heavy atom. The summed E-state index contributed by atoms with van der Waals surface area (Å²) in [5, 5.41) is 3.40. The van der Waals surface area contributed by atoms with E-state index in [0.29, 0.717) is 47.0 Å². The van der Waals surface area contributed by atoms with Gasteiger partial charge in [0.05, 0.1) is 40.2 Å². The van der Waals surface area contributed by atoms with E-state index in [-0.39, 0.29) is 40.5 Å². The van der Waals surface area contributed by atoms with Crippen LogP contribution < -0.4 is 20.5 Å². The van der Waals surface area contributed by atoms with Crippen molar-refractivity contribution in [3.63, 3.8) is 0 Å². The molecule has 3 aromatic carbocycles. The fraction of sp³-hybridized carbons (Fsp3) is 0.566. The Hall–Kier alpha value is -4.78. The second-order valence-electron chi connectivity index (χ2n) is 21.9. The molecule has 6 fully saturated rings. The summed E-state index contributed by atoms with van der Waals surface area (Å²) in [6, 6.07) is 16.9. The van der Waals surface area contributed by atoms with E-state index in [0.717, 1.165) is 99.0 Å². The normalized spacial score (nSPS) is 25.8. The lowest BCUT2D eigenvalue weighted by atomic mass is 9.65. The van der Waals surface area contributed by atoms with E-state index in [1.54, 1.807) is 11.0 Å². The second-order valence-corrected chi connectivity index (χ2v) is 22.3. The fourth-order valence-corrected chi connectivity index (χ4v) is 14.9. The molecule has 66 heavy (non-hydrogen) atoms. The maximum atomic E-state index is 13.4. The summed E-state index contributed by atoms with van der Waals surface area (Å²) in [5.41, 5.74) is 7.50. The largest absolute Gasteiger partial charge is 0.492 e. The van der Waals surface area contributed by atoms with Crippen molar-refractivity contribution in [1.29, 1.82) is 0 Å². The molecule has 1 atom stereocenters. The van der Waals surface area contributed by atoms with Crippen molar-refractivity contribution in [2.45, 2.75) is 126 Å². The molecule has 8 heterocycles. The minimum Gasteiger partial charge on any atom is -0.492 e. The van der Waals surface area contributed by atoms with Gasteiger partial charge in [0, 0.05) is 73.0 Å². The molecule has 2 saturated carbocycles. The number of carbonyl (C=O) groups excluding carboxylic acids is 3. The Morgan fingerprint density at radius 3 is 2.38 bits per heavy atom. The number of imide groups is 1. The monoisotopic (exact) mass is 909 g/mol. The minimum atomic E-state index is -0.616. The first-order chi connectivity index (χ1) is 32.1. The number of hydrogen-bond acceptors (Lipinski definition) is 9. The van der Waals surface area contributed by atoms with Crippen LogP contribution >= 0.6 is 11.6 Å². The lowest BCUT2D eigenvalue weighted by Gasteiger charge is -2.57. The lowest BCUT2D eigenvalue weighted by molar-refractivity contribution is -0.136. The summed E-state index contributed by atoms with van der Waals surface area (Å²) in [7, 11) is 0. The van der Waals surface area contributed by atoms with Gasteiger partial charge in [-0.25, -0.2) is 0 Å². The zero-order chi connectivity index (χ0) is 44.5. The molecule has 12 nitrogen and oxygen atoms in total. The predicted octanol–water partition coefficient (Wildman–Crippen LogP) is 7.25. The number of fused-ring (bicyclic) bond motifs is 11. The van der Waals surface area contributed by atoms with Crippen LogP contribution in [0.5, 0.6) is 5.75 Å². The van der Waals surface area contributed by atoms with Gasteiger partial charge >= 0.3 is 0 Å². The highest BCUT2D eigenvalue weighted by molar-refractivity contribution is 6.35. The number of piperidine rings is 3. The fourth-order valence-electron chi connectivity index (χ4n) is 14.6. The summed E-state index contributed by atoms with van der Waals surface area (Å²) in [6.07, 6.45) is 16.1. The number of likely N-dealkylation sites (tertiary alicyclic amines) is 2. The van der Waals surface area contributed by atoms with Gasteiger partial charge in [-0.05, 0) is 137 Å². The van der Waals surface area contributed by atoms with E-state index in [1.807, 2.05) is 18.2 Å². The van der Waals surface area contributed by atoms with Crippen LogP contribution in [0.4, 0.5) is 5.69 Å². The molecule has 7 aliphatic heterocycles. The van der Waals surface area contributed by atoms with Gasteiger partial charge in [-0.2, -0.15) is 4.98 Å². The summed E-state index contributed by atoms with van der Waals surface area (Å²) in [4.78, 5) is 65.9. The first kappa shape index (κ1) is 41.4. The van der Waals surface area contributed by atoms with Gasteiger partial charge in [0.2, 0.25) is 11.8 Å². The van der Waals surface area contributed by atoms with Crippen LogP contribution in [0.15, 0.2) is 53.3 Å². The van der Waals surface area contributed by atoms with Gasteiger partial charge in [0.25, 0.3) is 11.5 Å². The topological polar surface area (TPSA) is 120 Å². The van der Waals surface area contributed by atoms with Crippen molar-refractivity contribution in [2.24, 2.45) is 11.3 Å². The minimum absolute atomic E-state index is 0.0222. The Morgan fingerprint density at radius 2 is 1.61 bits per heavy atom. The van der Waals surface area contributed by atoms with Crippen LogP contribution in [0.25, 0.3) is 16.6 Å². The zero-order valence-electron chi connectivity index (χ0n) is 37.9. The molecular weight excluding hydrogens is 850 g/mol. The highest BCUT2D eigenvalue weighted by Gasteiger charge is 2.51. The molecule has 0 radical (unpaired) electrons. The summed E-state index contributed by atoms with van der Waals surface area (Å²) in [5.74, 6) is 1.75. The van der Waals surface area contributed by atoms with Gasteiger partial charge in [0.1, 0.15) is 17.6 Å². The molecule has 1 aromatic heterocycles. The van der Waals surface area contributed by atoms with Crippen molar-refractivity contribution in [3.05, 3.63) is 92.0 Å². The summed E-state index contributed by atoms with van der Waals surface area (Å²) >= 11 is 6.60. The van der Waals surface area contributed by atoms with E-state index in [1.165, 1.54) is 81.4 Å². The van der Waals surface area contributed by atoms with E-state index in [4.69, 9.17) is 21.3 Å². The molecule has 0 unspecified atom stereocenters. The molecule has 13 rings (SSSR count). The Kier molecular flexibility index (Phi) is 9.64. The van der Waals surface area contributed by atoms with Crippen LogP contribution in [0.1, 0.15) is 129 Å². The number of nitrogens with one attached hydrogen (secondary N) is 1. The molecule has 0 bridgehead atoms. The molecule has 4 saturated heterocycles. The number of hydrogen-bond donors (Lipinski definition) is 1. The van der Waals surface area contributed by atoms with Crippen LogP contribution in [0.3, 0.4) is 0 Å². The van der Waals surface area contributed by atoms with E-state index in [9.17, 15) is 19.2 Å². The first-order valence-electron chi connectivity index (χ1n) is 25.1. The molecular formula is C53H60ClN7O5. The Balaban J connectivity index is 0.601. The maximum Gasteiger partial charge on any atom is 0.282 e. The highest BCUT2D eigenvalue weighted by Crippen LogP contribution is 2.54.